The summed E-state index contributed by atoms with van der Waals surface area (Å²) in [5, 5.41) is 3.65. The molecule has 4 saturated carbocycles. The van der Waals surface area contributed by atoms with E-state index in [2.05, 4.69) is 15.3 Å². The first-order chi connectivity index (χ1) is 15.5. The molecule has 5 aliphatic rings. The van der Waals surface area contributed by atoms with Gasteiger partial charge in [-0.25, -0.2) is 18.7 Å². The number of hydrogen-bond acceptors (Lipinski definition) is 4. The Labute approximate surface area is 186 Å². The second kappa shape index (κ2) is 7.49. The Kier molecular flexibility index (Phi) is 4.70. The lowest BCUT2D eigenvalue weighted by molar-refractivity contribution is -0.0444. The van der Waals surface area contributed by atoms with Gasteiger partial charge in [0.2, 0.25) is 0 Å². The highest BCUT2D eigenvalue weighted by Crippen LogP contribution is 2.59. The number of rotatable bonds is 4. The van der Waals surface area contributed by atoms with Crippen LogP contribution in [0.25, 0.3) is 0 Å². The van der Waals surface area contributed by atoms with Gasteiger partial charge in [0.15, 0.2) is 0 Å². The molecule has 7 rings (SSSR count). The number of benzene rings is 1. The molecule has 7 heteroatoms. The summed E-state index contributed by atoms with van der Waals surface area (Å²) in [6, 6.07) is 3.49. The number of hydrogen-bond donors (Lipinski definition) is 1. The van der Waals surface area contributed by atoms with Crippen molar-refractivity contribution in [3.05, 3.63) is 53.0 Å². The van der Waals surface area contributed by atoms with Crippen LogP contribution in [0.5, 0.6) is 0 Å². The average molecular weight is 439 g/mol. The predicted molar refractivity (Wildman–Crippen MR) is 116 cm³/mol. The third kappa shape index (κ3) is 3.37. The Morgan fingerprint density at radius 3 is 2.38 bits per heavy atom. The van der Waals surface area contributed by atoms with Crippen molar-refractivity contribution in [2.24, 2.45) is 23.2 Å². The molecule has 4 bridgehead atoms. The van der Waals surface area contributed by atoms with Crippen LogP contribution in [0.1, 0.15) is 60.1 Å². The van der Waals surface area contributed by atoms with Gasteiger partial charge in [0.1, 0.15) is 29.3 Å². The van der Waals surface area contributed by atoms with Gasteiger partial charge in [-0.15, -0.1) is 0 Å². The van der Waals surface area contributed by atoms with Crippen molar-refractivity contribution in [1.29, 1.82) is 0 Å². The number of fused-ring (bicyclic) bond motifs is 1. The van der Waals surface area contributed by atoms with Crippen LogP contribution in [0.4, 0.5) is 14.6 Å². The van der Waals surface area contributed by atoms with Crippen molar-refractivity contribution >= 4 is 11.7 Å². The molecule has 0 radical (unpaired) electrons. The minimum atomic E-state index is -0.832. The summed E-state index contributed by atoms with van der Waals surface area (Å²) in [6.45, 7) is 1.57. The predicted octanol–water partition coefficient (Wildman–Crippen LogP) is 4.58. The molecule has 4 fully saturated rings. The first-order valence-corrected chi connectivity index (χ1v) is 11.8. The number of anilines is 1. The van der Waals surface area contributed by atoms with Crippen molar-refractivity contribution in [2.45, 2.75) is 51.5 Å². The largest absolute Gasteiger partial charge is 0.369 e. The summed E-state index contributed by atoms with van der Waals surface area (Å²) < 4.78 is 28.2. The lowest BCUT2D eigenvalue weighted by Gasteiger charge is -2.57. The van der Waals surface area contributed by atoms with Gasteiger partial charge in [0, 0.05) is 18.7 Å². The molecule has 1 aromatic heterocycles. The zero-order valence-corrected chi connectivity index (χ0v) is 18.1. The van der Waals surface area contributed by atoms with E-state index >= 15 is 0 Å². The summed E-state index contributed by atoms with van der Waals surface area (Å²) in [6.07, 6.45) is 10.4. The summed E-state index contributed by atoms with van der Waals surface area (Å²) in [5.74, 6) is 1.27. The molecule has 1 amide bonds. The Morgan fingerprint density at radius 2 is 1.72 bits per heavy atom. The van der Waals surface area contributed by atoms with Crippen molar-refractivity contribution in [2.75, 3.05) is 18.4 Å². The van der Waals surface area contributed by atoms with E-state index in [1.807, 2.05) is 0 Å². The zero-order chi connectivity index (χ0) is 21.9. The molecule has 1 aromatic carbocycles. The fourth-order valence-electron chi connectivity index (χ4n) is 7.32. The van der Waals surface area contributed by atoms with Gasteiger partial charge in [-0.3, -0.25) is 4.79 Å². The Bertz CT molecular complexity index is 1020. The Morgan fingerprint density at radius 1 is 1.06 bits per heavy atom. The van der Waals surface area contributed by atoms with Gasteiger partial charge >= 0.3 is 0 Å². The quantitative estimate of drug-likeness (QED) is 0.759. The van der Waals surface area contributed by atoms with Gasteiger partial charge in [-0.1, -0.05) is 6.07 Å². The van der Waals surface area contributed by atoms with E-state index in [0.29, 0.717) is 18.4 Å². The van der Waals surface area contributed by atoms with Crippen molar-refractivity contribution in [3.63, 3.8) is 0 Å². The maximum absolute atomic E-state index is 14.1. The zero-order valence-electron chi connectivity index (χ0n) is 18.1. The van der Waals surface area contributed by atoms with Crippen molar-refractivity contribution in [1.82, 2.24) is 14.9 Å². The molecule has 0 spiro atoms. The number of carbonyl (C=O) groups is 1. The highest BCUT2D eigenvalue weighted by atomic mass is 19.1. The van der Waals surface area contributed by atoms with E-state index in [0.717, 1.165) is 53.5 Å². The smallest absolute Gasteiger partial charge is 0.260 e. The van der Waals surface area contributed by atoms with Gasteiger partial charge in [0.25, 0.3) is 5.91 Å². The fraction of sp³-hybridized carbons (Fsp3) is 0.560. The fourth-order valence-corrected chi connectivity index (χ4v) is 7.32. The van der Waals surface area contributed by atoms with Crippen molar-refractivity contribution < 1.29 is 13.6 Å². The summed E-state index contributed by atoms with van der Waals surface area (Å²) >= 11 is 0. The molecule has 1 N–H and O–H groups in total. The maximum atomic E-state index is 14.1. The number of aromatic nitrogens is 2. The second-order valence-corrected chi connectivity index (χ2v) is 10.5. The van der Waals surface area contributed by atoms with Crippen LogP contribution in [-0.2, 0) is 13.0 Å². The number of nitrogens with one attached hydrogen (secondary N) is 1. The lowest BCUT2D eigenvalue weighted by atomic mass is 9.49. The van der Waals surface area contributed by atoms with Gasteiger partial charge in [-0.05, 0) is 80.2 Å². The monoisotopic (exact) mass is 438 g/mol. The van der Waals surface area contributed by atoms with Crippen LogP contribution in [-0.4, -0.2) is 33.9 Å². The first kappa shape index (κ1) is 20.1. The topological polar surface area (TPSA) is 58.1 Å². The van der Waals surface area contributed by atoms with E-state index in [9.17, 15) is 13.6 Å². The minimum absolute atomic E-state index is 0.233. The summed E-state index contributed by atoms with van der Waals surface area (Å²) in [5.41, 5.74) is 1.68. The van der Waals surface area contributed by atoms with Crippen molar-refractivity contribution in [3.8, 4) is 0 Å². The Balaban J connectivity index is 1.18. The molecule has 5 nitrogen and oxygen atoms in total. The van der Waals surface area contributed by atoms with Crippen LogP contribution in [0.2, 0.25) is 0 Å². The van der Waals surface area contributed by atoms with Crippen LogP contribution >= 0.6 is 0 Å². The molecule has 2 heterocycles. The normalized spacial score (nSPS) is 30.3. The van der Waals surface area contributed by atoms with Crippen LogP contribution in [0.15, 0.2) is 24.5 Å². The highest BCUT2D eigenvalue weighted by Gasteiger charge is 2.50. The van der Waals surface area contributed by atoms with Crippen LogP contribution < -0.4 is 5.32 Å². The number of amides is 1. The van der Waals surface area contributed by atoms with Crippen LogP contribution in [0, 0.1) is 34.8 Å². The lowest BCUT2D eigenvalue weighted by Crippen LogP contribution is -2.49. The van der Waals surface area contributed by atoms with E-state index in [4.69, 9.17) is 0 Å². The highest BCUT2D eigenvalue weighted by molar-refractivity contribution is 5.95. The number of carbonyl (C=O) groups excluding carboxylic acids is 1. The molecule has 0 unspecified atom stereocenters. The molecule has 1 aliphatic heterocycles. The van der Waals surface area contributed by atoms with Gasteiger partial charge in [0.05, 0.1) is 12.2 Å². The summed E-state index contributed by atoms with van der Waals surface area (Å²) in [4.78, 5) is 23.2. The van der Waals surface area contributed by atoms with E-state index < -0.39 is 23.1 Å². The van der Waals surface area contributed by atoms with Gasteiger partial charge < -0.3 is 10.2 Å². The SMILES string of the molecule is O=C(c1c(F)cccc1F)N1CCc2c(ncnc2NCC23CC4CC(CC(C4)C2)C3)C1. The molecular weight excluding hydrogens is 410 g/mol. The maximum Gasteiger partial charge on any atom is 0.260 e. The molecular formula is C25H28F2N4O. The average Bonchev–Trinajstić information content (AvgIpc) is 2.76. The first-order valence-electron chi connectivity index (χ1n) is 11.8. The van der Waals surface area contributed by atoms with Gasteiger partial charge in [-0.2, -0.15) is 0 Å². The molecule has 0 atom stereocenters. The third-order valence-electron chi connectivity index (χ3n) is 8.27. The summed E-state index contributed by atoms with van der Waals surface area (Å²) in [7, 11) is 0. The van der Waals surface area contributed by atoms with E-state index in [-0.39, 0.29) is 6.54 Å². The molecule has 2 aromatic rings. The Hall–Kier alpha value is -2.57. The third-order valence-corrected chi connectivity index (χ3v) is 8.27. The van der Waals surface area contributed by atoms with E-state index in [1.54, 1.807) is 0 Å². The number of halogens is 2. The van der Waals surface area contributed by atoms with E-state index in [1.165, 1.54) is 55.8 Å². The molecule has 32 heavy (non-hydrogen) atoms. The van der Waals surface area contributed by atoms with Crippen LogP contribution in [0.3, 0.4) is 0 Å². The molecule has 0 saturated heterocycles. The minimum Gasteiger partial charge on any atom is -0.369 e. The second-order valence-electron chi connectivity index (χ2n) is 10.5. The molecule has 4 aliphatic carbocycles. The number of nitrogens with zero attached hydrogens (tertiary/aromatic N) is 3. The standard InChI is InChI=1S/C25H28F2N4O/c26-19-2-1-3-20(27)22(19)24(32)31-5-4-18-21(12-31)29-14-30-23(18)28-13-25-9-15-6-16(10-25)8-17(7-15)11-25/h1-3,14-17H,4-13H2,(H,28,29,30). The molecule has 168 valence electrons.